The van der Waals surface area contributed by atoms with Crippen molar-refractivity contribution >= 4 is 49.3 Å². The Morgan fingerprint density at radius 1 is 1.12 bits per heavy atom. The minimum Gasteiger partial charge on any atom is -0.370 e. The van der Waals surface area contributed by atoms with Crippen LogP contribution in [0.1, 0.15) is 56.0 Å². The number of pyridine rings is 1. The van der Waals surface area contributed by atoms with Gasteiger partial charge in [0, 0.05) is 23.9 Å². The molecule has 0 atom stereocenters. The second-order valence-corrected chi connectivity index (χ2v) is 11.3. The molecule has 33 heavy (non-hydrogen) atoms. The van der Waals surface area contributed by atoms with Gasteiger partial charge in [-0.25, -0.2) is 15.0 Å². The highest BCUT2D eigenvalue weighted by Crippen LogP contribution is 2.43. The summed E-state index contributed by atoms with van der Waals surface area (Å²) >= 11 is 3.29. The number of thiophene rings is 1. The van der Waals surface area contributed by atoms with E-state index in [9.17, 15) is 0 Å². The van der Waals surface area contributed by atoms with Crippen LogP contribution in [-0.4, -0.2) is 33.4 Å². The first-order valence-corrected chi connectivity index (χ1v) is 13.5. The average molecular weight is 479 g/mol. The molecule has 0 unspecified atom stereocenters. The minimum absolute atomic E-state index is 0.198. The van der Waals surface area contributed by atoms with Crippen LogP contribution in [0.4, 0.5) is 5.82 Å². The third kappa shape index (κ3) is 4.34. The summed E-state index contributed by atoms with van der Waals surface area (Å²) < 4.78 is 7.29. The Kier molecular flexibility index (Phi) is 6.05. The number of ether oxygens (including phenoxy) is 1. The molecule has 0 bridgehead atoms. The van der Waals surface area contributed by atoms with E-state index < -0.39 is 0 Å². The van der Waals surface area contributed by atoms with Gasteiger partial charge in [-0.2, -0.15) is 0 Å². The van der Waals surface area contributed by atoms with Gasteiger partial charge in [-0.15, -0.1) is 11.3 Å². The monoisotopic (exact) mass is 478 g/mol. The van der Waals surface area contributed by atoms with Crippen molar-refractivity contribution in [3.8, 4) is 0 Å². The molecule has 172 valence electrons. The fourth-order valence-corrected chi connectivity index (χ4v) is 6.02. The highest BCUT2D eigenvalue weighted by Gasteiger charge is 2.32. The summed E-state index contributed by atoms with van der Waals surface area (Å²) in [6.45, 7) is 10.2. The van der Waals surface area contributed by atoms with Crippen LogP contribution in [0.5, 0.6) is 0 Å². The molecule has 1 aliphatic rings. The van der Waals surface area contributed by atoms with Crippen LogP contribution in [0.2, 0.25) is 0 Å². The van der Waals surface area contributed by atoms with Gasteiger partial charge in [0.25, 0.3) is 0 Å². The molecular weight excluding hydrogens is 448 g/mol. The topological polar surface area (TPSA) is 59.9 Å². The molecule has 0 amide bonds. The SMILES string of the molecule is CSc1nc(NCCc2ccccc2)c2sc3nc(C(C)C)c4c(c3c2n1)CC(C)(C)OC4. The number of thioether (sulfide) groups is 1. The van der Waals surface area contributed by atoms with Gasteiger partial charge in [0.2, 0.25) is 0 Å². The summed E-state index contributed by atoms with van der Waals surface area (Å²) in [5.41, 5.74) is 5.89. The van der Waals surface area contributed by atoms with Gasteiger partial charge in [0.1, 0.15) is 10.6 Å². The molecule has 3 aromatic heterocycles. The Morgan fingerprint density at radius 2 is 1.91 bits per heavy atom. The van der Waals surface area contributed by atoms with Crippen LogP contribution in [0, 0.1) is 0 Å². The lowest BCUT2D eigenvalue weighted by molar-refractivity contribution is -0.0402. The molecule has 0 aliphatic carbocycles. The number of fused-ring (bicyclic) bond motifs is 5. The maximum atomic E-state index is 6.20. The Bertz CT molecular complexity index is 1310. The third-order valence-corrected chi connectivity index (χ3v) is 7.81. The van der Waals surface area contributed by atoms with E-state index in [1.807, 2.05) is 6.26 Å². The number of benzene rings is 1. The normalized spacial score (nSPS) is 15.3. The highest BCUT2D eigenvalue weighted by atomic mass is 32.2. The predicted molar refractivity (Wildman–Crippen MR) is 140 cm³/mol. The third-order valence-electron chi connectivity index (χ3n) is 6.18. The largest absolute Gasteiger partial charge is 0.370 e. The molecule has 5 nitrogen and oxygen atoms in total. The van der Waals surface area contributed by atoms with E-state index in [-0.39, 0.29) is 5.60 Å². The van der Waals surface area contributed by atoms with Crippen LogP contribution in [0.25, 0.3) is 20.4 Å². The van der Waals surface area contributed by atoms with E-state index in [1.165, 1.54) is 22.1 Å². The smallest absolute Gasteiger partial charge is 0.189 e. The van der Waals surface area contributed by atoms with Crippen molar-refractivity contribution in [3.05, 3.63) is 52.7 Å². The second kappa shape index (κ2) is 8.85. The van der Waals surface area contributed by atoms with Crippen molar-refractivity contribution in [3.63, 3.8) is 0 Å². The Hall–Kier alpha value is -2.22. The molecule has 4 heterocycles. The molecule has 1 N–H and O–H groups in total. The van der Waals surface area contributed by atoms with Crippen molar-refractivity contribution in [1.29, 1.82) is 0 Å². The Balaban J connectivity index is 1.65. The maximum absolute atomic E-state index is 6.20. The Morgan fingerprint density at radius 3 is 2.64 bits per heavy atom. The van der Waals surface area contributed by atoms with Gasteiger partial charge >= 0.3 is 0 Å². The first-order valence-electron chi connectivity index (χ1n) is 11.5. The van der Waals surface area contributed by atoms with Crippen LogP contribution in [0.15, 0.2) is 35.5 Å². The van der Waals surface area contributed by atoms with Gasteiger partial charge in [-0.05, 0) is 43.6 Å². The van der Waals surface area contributed by atoms with E-state index in [0.717, 1.165) is 51.1 Å². The fraction of sp³-hybridized carbons (Fsp3) is 0.423. The molecule has 1 aliphatic heterocycles. The summed E-state index contributed by atoms with van der Waals surface area (Å²) in [5, 5.41) is 5.58. The second-order valence-electron chi connectivity index (χ2n) is 9.52. The quantitative estimate of drug-likeness (QED) is 0.249. The number of nitrogens with one attached hydrogen (secondary N) is 1. The van der Waals surface area contributed by atoms with Crippen molar-refractivity contribution in [2.45, 2.75) is 63.8 Å². The maximum Gasteiger partial charge on any atom is 0.189 e. The zero-order chi connectivity index (χ0) is 23.2. The summed E-state index contributed by atoms with van der Waals surface area (Å²) in [4.78, 5) is 16.0. The van der Waals surface area contributed by atoms with Crippen LogP contribution in [0.3, 0.4) is 0 Å². The summed E-state index contributed by atoms with van der Waals surface area (Å²) in [6.07, 6.45) is 3.84. The average Bonchev–Trinajstić information content (AvgIpc) is 3.17. The number of hydrogen-bond acceptors (Lipinski definition) is 7. The van der Waals surface area contributed by atoms with Gasteiger partial charge < -0.3 is 10.1 Å². The zero-order valence-corrected chi connectivity index (χ0v) is 21.5. The van der Waals surface area contributed by atoms with Crippen molar-refractivity contribution in [1.82, 2.24) is 15.0 Å². The molecular formula is C26H30N4OS2. The van der Waals surface area contributed by atoms with Gasteiger partial charge in [-0.1, -0.05) is 55.9 Å². The standard InChI is InChI=1S/C26H30N4OS2/c1-15(2)20-18-14-31-26(3,4)13-17(18)19-21-22(33-24(19)28-20)23(30-25(29-21)32-5)27-12-11-16-9-7-6-8-10-16/h6-10,15H,11-14H2,1-5H3,(H,27,29,30). The lowest BCUT2D eigenvalue weighted by atomic mass is 9.87. The summed E-state index contributed by atoms with van der Waals surface area (Å²) in [5.74, 6) is 1.25. The lowest BCUT2D eigenvalue weighted by Crippen LogP contribution is -2.32. The number of rotatable bonds is 6. The molecule has 0 fully saturated rings. The van der Waals surface area contributed by atoms with E-state index in [0.29, 0.717) is 12.5 Å². The number of hydrogen-bond donors (Lipinski definition) is 1. The molecule has 0 spiro atoms. The fourth-order valence-electron chi connectivity index (χ4n) is 4.54. The molecule has 0 saturated carbocycles. The Labute approximate surface area is 203 Å². The predicted octanol–water partition coefficient (Wildman–Crippen LogP) is 6.59. The lowest BCUT2D eigenvalue weighted by Gasteiger charge is -2.33. The molecule has 1 aromatic carbocycles. The van der Waals surface area contributed by atoms with E-state index >= 15 is 0 Å². The number of anilines is 1. The number of aromatic nitrogens is 3. The number of nitrogens with zero attached hydrogens (tertiary/aromatic N) is 3. The molecule has 0 saturated heterocycles. The van der Waals surface area contributed by atoms with Crippen molar-refractivity contribution in [2.24, 2.45) is 0 Å². The van der Waals surface area contributed by atoms with E-state index in [4.69, 9.17) is 19.7 Å². The molecule has 0 radical (unpaired) electrons. The van der Waals surface area contributed by atoms with Gasteiger partial charge in [0.05, 0.1) is 28.1 Å². The molecule has 7 heteroatoms. The zero-order valence-electron chi connectivity index (χ0n) is 19.9. The van der Waals surface area contributed by atoms with Crippen LogP contribution in [-0.2, 0) is 24.2 Å². The van der Waals surface area contributed by atoms with E-state index in [1.54, 1.807) is 23.1 Å². The van der Waals surface area contributed by atoms with E-state index in [2.05, 4.69) is 63.3 Å². The molecule has 5 rings (SSSR count). The summed E-state index contributed by atoms with van der Waals surface area (Å²) in [7, 11) is 0. The van der Waals surface area contributed by atoms with Crippen molar-refractivity contribution in [2.75, 3.05) is 18.1 Å². The van der Waals surface area contributed by atoms with Gasteiger partial charge in [0.15, 0.2) is 5.16 Å². The first-order chi connectivity index (χ1) is 15.9. The first kappa shape index (κ1) is 22.6. The summed E-state index contributed by atoms with van der Waals surface area (Å²) in [6, 6.07) is 10.6. The molecule has 4 aromatic rings. The van der Waals surface area contributed by atoms with Crippen LogP contribution < -0.4 is 5.32 Å². The van der Waals surface area contributed by atoms with Crippen LogP contribution >= 0.6 is 23.1 Å². The minimum atomic E-state index is -0.198. The highest BCUT2D eigenvalue weighted by molar-refractivity contribution is 7.98. The van der Waals surface area contributed by atoms with Gasteiger partial charge in [-0.3, -0.25) is 0 Å². The van der Waals surface area contributed by atoms with Crippen molar-refractivity contribution < 1.29 is 4.74 Å².